The predicted molar refractivity (Wildman–Crippen MR) is 85.1 cm³/mol. The van der Waals surface area contributed by atoms with Gasteiger partial charge in [-0.2, -0.15) is 0 Å². The summed E-state index contributed by atoms with van der Waals surface area (Å²) in [6, 6.07) is 1.80. The van der Waals surface area contributed by atoms with Crippen LogP contribution in [0.25, 0.3) is 0 Å². The van der Waals surface area contributed by atoms with Crippen molar-refractivity contribution >= 4 is 0 Å². The fourth-order valence-corrected chi connectivity index (χ4v) is 3.63. The molecule has 2 aliphatic carbocycles. The van der Waals surface area contributed by atoms with Crippen molar-refractivity contribution in [2.24, 2.45) is 5.41 Å². The van der Waals surface area contributed by atoms with Gasteiger partial charge >= 0.3 is 0 Å². The smallest absolute Gasteiger partial charge is 0.0113 e. The van der Waals surface area contributed by atoms with E-state index in [0.717, 1.165) is 12.1 Å². The van der Waals surface area contributed by atoms with E-state index >= 15 is 0 Å². The number of nitrogens with zero attached hydrogens (tertiary/aromatic N) is 2. The average molecular weight is 279 g/mol. The highest BCUT2D eigenvalue weighted by atomic mass is 15.3. The van der Waals surface area contributed by atoms with E-state index in [4.69, 9.17) is 0 Å². The van der Waals surface area contributed by atoms with Crippen molar-refractivity contribution < 1.29 is 0 Å². The number of hydrogen-bond donors (Lipinski definition) is 1. The predicted octanol–water partition coefficient (Wildman–Crippen LogP) is 2.32. The molecular weight excluding hydrogens is 246 g/mol. The van der Waals surface area contributed by atoms with Gasteiger partial charge in [-0.3, -0.25) is 4.90 Å². The molecule has 3 heteroatoms. The maximum absolute atomic E-state index is 3.79. The van der Waals surface area contributed by atoms with Gasteiger partial charge in [0.05, 0.1) is 0 Å². The van der Waals surface area contributed by atoms with Crippen molar-refractivity contribution in [3.63, 3.8) is 0 Å². The summed E-state index contributed by atoms with van der Waals surface area (Å²) >= 11 is 0. The number of nitrogens with one attached hydrogen (secondary N) is 1. The first kappa shape index (κ1) is 14.8. The summed E-state index contributed by atoms with van der Waals surface area (Å²) in [6.45, 7) is 12.5. The molecule has 0 unspecified atom stereocenters. The fraction of sp³-hybridized carbons (Fsp3) is 1.00. The van der Waals surface area contributed by atoms with Crippen LogP contribution in [0.5, 0.6) is 0 Å². The van der Waals surface area contributed by atoms with Crippen LogP contribution < -0.4 is 5.32 Å². The molecule has 0 amide bonds. The third kappa shape index (κ3) is 3.75. The Labute approximate surface area is 125 Å². The van der Waals surface area contributed by atoms with Gasteiger partial charge in [0.1, 0.15) is 0 Å². The van der Waals surface area contributed by atoms with Crippen LogP contribution >= 0.6 is 0 Å². The first-order valence-corrected chi connectivity index (χ1v) is 8.94. The van der Waals surface area contributed by atoms with Crippen molar-refractivity contribution in [3.05, 3.63) is 0 Å². The maximum Gasteiger partial charge on any atom is 0.0113 e. The fourth-order valence-electron chi connectivity index (χ4n) is 3.63. The van der Waals surface area contributed by atoms with Gasteiger partial charge < -0.3 is 10.2 Å². The van der Waals surface area contributed by atoms with Gasteiger partial charge in [0.15, 0.2) is 0 Å². The van der Waals surface area contributed by atoms with E-state index < -0.39 is 0 Å². The van der Waals surface area contributed by atoms with Gasteiger partial charge in [-0.25, -0.2) is 0 Å². The van der Waals surface area contributed by atoms with E-state index in [-0.39, 0.29) is 0 Å². The van der Waals surface area contributed by atoms with Crippen molar-refractivity contribution in [1.82, 2.24) is 15.1 Å². The zero-order chi connectivity index (χ0) is 14.0. The Hall–Kier alpha value is -0.120. The number of piperazine rings is 1. The largest absolute Gasteiger partial charge is 0.313 e. The number of rotatable bonds is 8. The molecule has 0 aromatic carbocycles. The Kier molecular flexibility index (Phi) is 4.68. The first-order chi connectivity index (χ1) is 9.74. The molecule has 1 saturated heterocycles. The topological polar surface area (TPSA) is 18.5 Å². The molecule has 1 heterocycles. The summed E-state index contributed by atoms with van der Waals surface area (Å²) < 4.78 is 0. The summed E-state index contributed by atoms with van der Waals surface area (Å²) in [5.74, 6) is 0. The zero-order valence-corrected chi connectivity index (χ0v) is 13.5. The molecule has 3 fully saturated rings. The zero-order valence-electron chi connectivity index (χ0n) is 13.5. The summed E-state index contributed by atoms with van der Waals surface area (Å²) in [4.78, 5) is 5.46. The normalized spacial score (nSPS) is 26.1. The third-order valence-electron chi connectivity index (χ3n) is 5.87. The molecule has 0 radical (unpaired) electrons. The molecule has 1 aliphatic heterocycles. The van der Waals surface area contributed by atoms with Gasteiger partial charge in [-0.05, 0) is 43.9 Å². The van der Waals surface area contributed by atoms with E-state index in [2.05, 4.69) is 29.0 Å². The Morgan fingerprint density at radius 1 is 0.950 bits per heavy atom. The molecule has 20 heavy (non-hydrogen) atoms. The molecule has 1 N–H and O–H groups in total. The lowest BCUT2D eigenvalue weighted by molar-refractivity contribution is 0.0749. The summed E-state index contributed by atoms with van der Waals surface area (Å²) in [5.41, 5.74) is 0.504. The third-order valence-corrected chi connectivity index (χ3v) is 5.87. The van der Waals surface area contributed by atoms with Crippen LogP contribution in [0.3, 0.4) is 0 Å². The molecule has 2 saturated carbocycles. The van der Waals surface area contributed by atoms with Gasteiger partial charge in [-0.1, -0.05) is 13.8 Å². The molecule has 3 aliphatic rings. The minimum Gasteiger partial charge on any atom is -0.313 e. The average Bonchev–Trinajstić information content (AvgIpc) is 3.38. The minimum atomic E-state index is 0.504. The molecule has 0 spiro atoms. The van der Waals surface area contributed by atoms with Gasteiger partial charge in [-0.15, -0.1) is 0 Å². The lowest BCUT2D eigenvalue weighted by Crippen LogP contribution is -2.52. The van der Waals surface area contributed by atoms with Crippen LogP contribution in [0.2, 0.25) is 0 Å². The van der Waals surface area contributed by atoms with E-state index in [0.29, 0.717) is 5.41 Å². The van der Waals surface area contributed by atoms with Crippen LogP contribution in [0.4, 0.5) is 0 Å². The van der Waals surface area contributed by atoms with E-state index in [9.17, 15) is 0 Å². The van der Waals surface area contributed by atoms with Crippen molar-refractivity contribution in [2.75, 3.05) is 39.3 Å². The van der Waals surface area contributed by atoms with Crippen LogP contribution in [-0.2, 0) is 0 Å². The van der Waals surface area contributed by atoms with E-state index in [1.807, 2.05) is 0 Å². The quantitative estimate of drug-likeness (QED) is 0.736. The Morgan fingerprint density at radius 2 is 1.60 bits per heavy atom. The second-order valence-corrected chi connectivity index (χ2v) is 7.41. The van der Waals surface area contributed by atoms with Crippen molar-refractivity contribution in [3.8, 4) is 0 Å². The van der Waals surface area contributed by atoms with E-state index in [1.165, 1.54) is 77.8 Å². The second-order valence-electron chi connectivity index (χ2n) is 7.41. The maximum atomic E-state index is 3.79. The molecule has 3 nitrogen and oxygen atoms in total. The van der Waals surface area contributed by atoms with Crippen LogP contribution in [0.15, 0.2) is 0 Å². The first-order valence-electron chi connectivity index (χ1n) is 8.94. The summed E-state index contributed by atoms with van der Waals surface area (Å²) in [6.07, 6.45) is 8.35. The van der Waals surface area contributed by atoms with Gasteiger partial charge in [0.2, 0.25) is 0 Å². The van der Waals surface area contributed by atoms with Gasteiger partial charge in [0, 0.05) is 51.4 Å². The summed E-state index contributed by atoms with van der Waals surface area (Å²) in [5, 5.41) is 3.79. The Morgan fingerprint density at radius 3 is 2.10 bits per heavy atom. The minimum absolute atomic E-state index is 0.504. The number of hydrogen-bond acceptors (Lipinski definition) is 3. The molecule has 116 valence electrons. The monoisotopic (exact) mass is 279 g/mol. The van der Waals surface area contributed by atoms with Crippen molar-refractivity contribution in [2.45, 2.75) is 64.5 Å². The SMILES string of the molecule is CCC(CC)(CNC1CC1)CN1CCN(C2CC2)CC1. The lowest BCUT2D eigenvalue weighted by Gasteiger charge is -2.41. The molecule has 3 rings (SSSR count). The standard InChI is InChI=1S/C17H33N3/c1-3-17(4-2,13-18-15-5-6-15)14-19-9-11-20(12-10-19)16-7-8-16/h15-16,18H,3-14H2,1-2H3. The molecule has 0 aromatic rings. The highest BCUT2D eigenvalue weighted by Crippen LogP contribution is 2.31. The van der Waals surface area contributed by atoms with Crippen LogP contribution in [-0.4, -0.2) is 61.2 Å². The Balaban J connectivity index is 1.47. The molecular formula is C17H33N3. The van der Waals surface area contributed by atoms with Gasteiger partial charge in [0.25, 0.3) is 0 Å². The highest BCUT2D eigenvalue weighted by Gasteiger charge is 2.35. The summed E-state index contributed by atoms with van der Waals surface area (Å²) in [7, 11) is 0. The van der Waals surface area contributed by atoms with Crippen LogP contribution in [0, 0.1) is 5.41 Å². The van der Waals surface area contributed by atoms with Crippen molar-refractivity contribution in [1.29, 1.82) is 0 Å². The Bertz CT molecular complexity index is 297. The second kappa shape index (κ2) is 6.33. The highest BCUT2D eigenvalue weighted by molar-refractivity contribution is 4.91. The molecule has 0 atom stereocenters. The lowest BCUT2D eigenvalue weighted by atomic mass is 9.81. The van der Waals surface area contributed by atoms with E-state index in [1.54, 1.807) is 0 Å². The molecule has 0 aromatic heterocycles. The van der Waals surface area contributed by atoms with Crippen LogP contribution in [0.1, 0.15) is 52.4 Å². The molecule has 0 bridgehead atoms.